The number of benzene rings is 1. The Hall–Kier alpha value is -3.17. The molecule has 8 nitrogen and oxygen atoms in total. The molecule has 0 aliphatic carbocycles. The minimum absolute atomic E-state index is 0.316. The van der Waals surface area contributed by atoms with E-state index in [1.54, 1.807) is 30.6 Å². The number of halogens is 1. The Kier molecular flexibility index (Phi) is 4.85. The summed E-state index contributed by atoms with van der Waals surface area (Å²) in [5, 5.41) is 4.40. The lowest BCUT2D eigenvalue weighted by atomic mass is 10.1. The van der Waals surface area contributed by atoms with Crippen molar-refractivity contribution in [3.63, 3.8) is 0 Å². The molecule has 0 saturated carbocycles. The summed E-state index contributed by atoms with van der Waals surface area (Å²) < 4.78 is 25.1. The van der Waals surface area contributed by atoms with Crippen LogP contribution in [0.4, 0.5) is 11.6 Å². The van der Waals surface area contributed by atoms with E-state index in [1.165, 1.54) is 19.6 Å². The molecule has 0 radical (unpaired) electrons. The van der Waals surface area contributed by atoms with E-state index in [9.17, 15) is 4.21 Å². The standard InChI is InChI=1S/C19H17ClN6O2S/c1-28-16-8-11(29(2,21)27)5-6-15(16)25-19-24-10-14(20)17(26-19)13-9-23-18-12(13)4-3-7-22-18/h3-10,21H,1-2H3,(H,22,23)(H,24,25,26). The van der Waals surface area contributed by atoms with Gasteiger partial charge in [-0.25, -0.2) is 23.9 Å². The molecule has 3 N–H and O–H groups in total. The maximum atomic E-state index is 12.0. The van der Waals surface area contributed by atoms with Gasteiger partial charge in [0.05, 0.1) is 44.3 Å². The van der Waals surface area contributed by atoms with Crippen molar-refractivity contribution in [1.82, 2.24) is 19.9 Å². The zero-order valence-corrected chi connectivity index (χ0v) is 17.1. The molecule has 1 atom stereocenters. The molecule has 1 aromatic carbocycles. The first-order valence-corrected chi connectivity index (χ1v) is 10.8. The summed E-state index contributed by atoms with van der Waals surface area (Å²) in [6.45, 7) is 0. The van der Waals surface area contributed by atoms with E-state index in [0.717, 1.165) is 16.6 Å². The van der Waals surface area contributed by atoms with Gasteiger partial charge in [-0.2, -0.15) is 0 Å². The highest BCUT2D eigenvalue weighted by molar-refractivity contribution is 7.91. The van der Waals surface area contributed by atoms with Gasteiger partial charge in [-0.3, -0.25) is 0 Å². The molecule has 0 saturated heterocycles. The Labute approximate surface area is 172 Å². The number of methoxy groups -OCH3 is 1. The number of aromatic nitrogens is 4. The highest BCUT2D eigenvalue weighted by Crippen LogP contribution is 2.33. The third-order valence-electron chi connectivity index (χ3n) is 4.32. The fourth-order valence-electron chi connectivity index (χ4n) is 2.91. The Morgan fingerprint density at radius 1 is 1.28 bits per heavy atom. The summed E-state index contributed by atoms with van der Waals surface area (Å²) in [4.78, 5) is 16.6. The van der Waals surface area contributed by atoms with E-state index < -0.39 is 9.73 Å². The fraction of sp³-hybridized carbons (Fsp3) is 0.105. The SMILES string of the molecule is COc1cc(S(C)(=N)=O)ccc1Nc1ncc(Cl)c(-c2c[nH]c3ncccc23)n1. The highest BCUT2D eigenvalue weighted by Gasteiger charge is 2.15. The minimum Gasteiger partial charge on any atom is -0.495 e. The predicted octanol–water partition coefficient (Wildman–Crippen LogP) is 4.46. The van der Waals surface area contributed by atoms with Crippen LogP contribution in [0.5, 0.6) is 5.75 Å². The second-order valence-corrected chi connectivity index (χ2v) is 8.89. The third-order valence-corrected chi connectivity index (χ3v) is 5.75. The van der Waals surface area contributed by atoms with Crippen LogP contribution in [0.1, 0.15) is 0 Å². The van der Waals surface area contributed by atoms with Crippen LogP contribution in [0.2, 0.25) is 5.02 Å². The fourth-order valence-corrected chi connectivity index (χ4v) is 3.76. The molecule has 10 heteroatoms. The average Bonchev–Trinajstić information content (AvgIpc) is 3.13. The van der Waals surface area contributed by atoms with Crippen LogP contribution in [-0.2, 0) is 9.73 Å². The molecule has 4 aromatic rings. The highest BCUT2D eigenvalue weighted by atomic mass is 35.5. The van der Waals surface area contributed by atoms with Gasteiger partial charge in [-0.15, -0.1) is 0 Å². The molecule has 0 fully saturated rings. The maximum Gasteiger partial charge on any atom is 0.227 e. The first kappa shape index (κ1) is 19.2. The summed E-state index contributed by atoms with van der Waals surface area (Å²) in [7, 11) is -1.35. The molecule has 29 heavy (non-hydrogen) atoms. The van der Waals surface area contributed by atoms with Gasteiger partial charge in [0.15, 0.2) is 0 Å². The maximum absolute atomic E-state index is 12.0. The predicted molar refractivity (Wildman–Crippen MR) is 113 cm³/mol. The molecule has 0 spiro atoms. The number of aromatic amines is 1. The first-order chi connectivity index (χ1) is 13.9. The number of hydrogen-bond donors (Lipinski definition) is 3. The molecular formula is C19H17ClN6O2S. The van der Waals surface area contributed by atoms with Crippen molar-refractivity contribution in [2.75, 3.05) is 18.7 Å². The van der Waals surface area contributed by atoms with Gasteiger partial charge in [0.1, 0.15) is 11.4 Å². The van der Waals surface area contributed by atoms with Crippen LogP contribution < -0.4 is 10.1 Å². The molecule has 148 valence electrons. The summed E-state index contributed by atoms with van der Waals surface area (Å²) >= 11 is 6.36. The van der Waals surface area contributed by atoms with Crippen molar-refractivity contribution in [1.29, 1.82) is 4.78 Å². The summed E-state index contributed by atoms with van der Waals surface area (Å²) in [6, 6.07) is 8.64. The van der Waals surface area contributed by atoms with Crippen molar-refractivity contribution in [3.05, 3.63) is 53.9 Å². The second-order valence-electron chi connectivity index (χ2n) is 6.32. The number of pyridine rings is 1. The van der Waals surface area contributed by atoms with Crippen molar-refractivity contribution in [2.45, 2.75) is 4.90 Å². The zero-order chi connectivity index (χ0) is 20.6. The van der Waals surface area contributed by atoms with E-state index in [1.807, 2.05) is 12.1 Å². The Bertz CT molecular complexity index is 1320. The quantitative estimate of drug-likeness (QED) is 0.432. The van der Waals surface area contributed by atoms with Gasteiger partial charge in [-0.1, -0.05) is 11.6 Å². The molecular weight excluding hydrogens is 412 g/mol. The van der Waals surface area contributed by atoms with Crippen molar-refractivity contribution in [2.24, 2.45) is 0 Å². The first-order valence-electron chi connectivity index (χ1n) is 8.50. The lowest BCUT2D eigenvalue weighted by Crippen LogP contribution is -2.02. The number of hydrogen-bond acceptors (Lipinski definition) is 7. The second kappa shape index (κ2) is 7.34. The van der Waals surface area contributed by atoms with Gasteiger partial charge < -0.3 is 15.0 Å². The van der Waals surface area contributed by atoms with Gasteiger partial charge in [0.2, 0.25) is 5.95 Å². The summed E-state index contributed by atoms with van der Waals surface area (Å²) in [5.41, 5.74) is 2.68. The summed E-state index contributed by atoms with van der Waals surface area (Å²) in [5.74, 6) is 0.748. The van der Waals surface area contributed by atoms with Crippen molar-refractivity contribution in [3.8, 4) is 17.0 Å². The molecule has 1 unspecified atom stereocenters. The molecule has 4 rings (SSSR count). The van der Waals surface area contributed by atoms with E-state index in [2.05, 4.69) is 25.3 Å². The van der Waals surface area contributed by atoms with Gasteiger partial charge in [0.25, 0.3) is 0 Å². The number of H-pyrrole nitrogens is 1. The smallest absolute Gasteiger partial charge is 0.227 e. The normalized spacial score (nSPS) is 13.2. The lowest BCUT2D eigenvalue weighted by molar-refractivity contribution is 0.415. The molecule has 0 bridgehead atoms. The van der Waals surface area contributed by atoms with Gasteiger partial charge in [-0.05, 0) is 30.3 Å². The Morgan fingerprint density at radius 3 is 2.86 bits per heavy atom. The van der Waals surface area contributed by atoms with Gasteiger partial charge >= 0.3 is 0 Å². The largest absolute Gasteiger partial charge is 0.495 e. The van der Waals surface area contributed by atoms with E-state index in [0.29, 0.717) is 33.0 Å². The molecule has 0 aliphatic heterocycles. The van der Waals surface area contributed by atoms with E-state index in [-0.39, 0.29) is 0 Å². The number of fused-ring (bicyclic) bond motifs is 1. The van der Waals surface area contributed by atoms with E-state index >= 15 is 0 Å². The number of ether oxygens (including phenoxy) is 1. The molecule has 0 aliphatic rings. The lowest BCUT2D eigenvalue weighted by Gasteiger charge is -2.13. The monoisotopic (exact) mass is 428 g/mol. The third kappa shape index (κ3) is 3.74. The number of nitrogens with zero attached hydrogens (tertiary/aromatic N) is 3. The minimum atomic E-state index is -2.85. The number of nitrogens with one attached hydrogen (secondary N) is 3. The number of rotatable bonds is 5. The summed E-state index contributed by atoms with van der Waals surface area (Å²) in [6.07, 6.45) is 6.39. The van der Waals surface area contributed by atoms with Crippen LogP contribution in [0.15, 0.2) is 53.8 Å². The Morgan fingerprint density at radius 2 is 2.10 bits per heavy atom. The van der Waals surface area contributed by atoms with E-state index in [4.69, 9.17) is 21.1 Å². The van der Waals surface area contributed by atoms with Crippen LogP contribution in [-0.4, -0.2) is 37.5 Å². The van der Waals surface area contributed by atoms with Crippen LogP contribution in [0.3, 0.4) is 0 Å². The average molecular weight is 429 g/mol. The zero-order valence-electron chi connectivity index (χ0n) is 15.6. The van der Waals surface area contributed by atoms with Crippen LogP contribution in [0.25, 0.3) is 22.3 Å². The van der Waals surface area contributed by atoms with Crippen molar-refractivity contribution >= 4 is 44.0 Å². The van der Waals surface area contributed by atoms with Crippen LogP contribution >= 0.6 is 11.6 Å². The van der Waals surface area contributed by atoms with Crippen molar-refractivity contribution < 1.29 is 8.95 Å². The molecule has 0 amide bonds. The number of anilines is 2. The topological polar surface area (TPSA) is 117 Å². The van der Waals surface area contributed by atoms with Crippen LogP contribution in [0, 0.1) is 4.78 Å². The van der Waals surface area contributed by atoms with Gasteiger partial charge in [0, 0.05) is 29.6 Å². The molecule has 3 heterocycles. The Balaban J connectivity index is 1.74. The molecule has 3 aromatic heterocycles.